The second-order valence-corrected chi connectivity index (χ2v) is 19.4. The standard InChI is InChI=1S/C28H37NO6.C27H35NO6.CH3I/c1-18(2)33-23-12-11-20(17-24(23)31-5)27(30)29-15-13-28(14-16-29)26(32-6)25(34-19(3)4)21-9-7-8-10-22(21)35-28;1-17(2)32-22-11-10-19(16-23(22)31-5)26(30)28-14-12-27(13-15-28)25(29)24(33-18(3)4)20-8-6-7-9-21(20)34-27;1-2/h7-12,17-19,25-26H,13-16H2,1-6H3;6-11,16-18,24-25,29H,12-15H2,1-5H3;1H3. The summed E-state index contributed by atoms with van der Waals surface area (Å²) in [5.74, 6) is 3.78. The lowest BCUT2D eigenvalue weighted by Crippen LogP contribution is -2.60. The molecule has 1 N–H and O–H groups in total. The van der Waals surface area contributed by atoms with Gasteiger partial charge in [0.2, 0.25) is 0 Å². The summed E-state index contributed by atoms with van der Waals surface area (Å²) in [5, 5.41) is 11.4. The molecule has 0 aliphatic carbocycles. The van der Waals surface area contributed by atoms with Crippen LogP contribution in [0.4, 0.5) is 0 Å². The van der Waals surface area contributed by atoms with Crippen LogP contribution in [0.1, 0.15) is 125 Å². The third kappa shape index (κ3) is 12.7. The van der Waals surface area contributed by atoms with Crippen molar-refractivity contribution in [3.63, 3.8) is 0 Å². The van der Waals surface area contributed by atoms with Crippen LogP contribution in [0, 0.1) is 0 Å². The monoisotopic (exact) mass is 1090 g/mol. The van der Waals surface area contributed by atoms with E-state index in [0.29, 0.717) is 86.0 Å². The maximum Gasteiger partial charge on any atom is 0.253 e. The summed E-state index contributed by atoms with van der Waals surface area (Å²) in [4.78, 5) is 32.3. The van der Waals surface area contributed by atoms with Crippen LogP contribution in [-0.4, -0.2) is 127 Å². The minimum absolute atomic E-state index is 0.00397. The number of methoxy groups -OCH3 is 3. The molecule has 2 spiro atoms. The average Bonchev–Trinajstić information content (AvgIpc) is 3.36. The molecule has 0 saturated carbocycles. The molecule has 4 aromatic rings. The molecule has 2 saturated heterocycles. The number of aliphatic hydroxyl groups excluding tert-OH is 1. The van der Waals surface area contributed by atoms with Crippen molar-refractivity contribution in [2.24, 2.45) is 0 Å². The maximum atomic E-state index is 13.4. The Hall–Kier alpha value is -4.81. The molecule has 2 fully saturated rings. The normalized spacial score (nSPS) is 20.7. The highest BCUT2D eigenvalue weighted by Crippen LogP contribution is 2.49. The number of benzene rings is 4. The van der Waals surface area contributed by atoms with E-state index >= 15 is 0 Å². The van der Waals surface area contributed by atoms with E-state index in [1.807, 2.05) is 114 Å². The molecule has 8 rings (SSSR count). The first kappa shape index (κ1) is 55.5. The summed E-state index contributed by atoms with van der Waals surface area (Å²) in [6.07, 6.45) is 0.544. The number of amides is 2. The molecular formula is C56H75IN2O12. The Balaban J connectivity index is 0.000000225. The van der Waals surface area contributed by atoms with Crippen LogP contribution in [0.5, 0.6) is 34.5 Å². The Morgan fingerprint density at radius 3 is 1.37 bits per heavy atom. The number of rotatable bonds is 13. The van der Waals surface area contributed by atoms with E-state index in [1.54, 1.807) is 62.6 Å². The summed E-state index contributed by atoms with van der Waals surface area (Å²) >= 11 is 2.15. The second kappa shape index (κ2) is 24.7. The van der Waals surface area contributed by atoms with Gasteiger partial charge < -0.3 is 57.5 Å². The summed E-state index contributed by atoms with van der Waals surface area (Å²) < 4.78 is 54.0. The Bertz CT molecular complexity index is 2380. The molecule has 71 heavy (non-hydrogen) atoms. The number of aliphatic hydroxyl groups is 1. The van der Waals surface area contributed by atoms with E-state index in [9.17, 15) is 14.7 Å². The third-order valence-corrected chi connectivity index (χ3v) is 13.1. The number of ether oxygens (including phenoxy) is 9. The predicted molar refractivity (Wildman–Crippen MR) is 282 cm³/mol. The van der Waals surface area contributed by atoms with Crippen LogP contribution in [-0.2, 0) is 14.2 Å². The number of hydrogen-bond donors (Lipinski definition) is 1. The van der Waals surface area contributed by atoms with E-state index in [0.717, 1.165) is 22.6 Å². The number of fused-ring (bicyclic) bond motifs is 2. The van der Waals surface area contributed by atoms with Gasteiger partial charge in [0.15, 0.2) is 23.0 Å². The highest BCUT2D eigenvalue weighted by Gasteiger charge is 2.54. The molecule has 388 valence electrons. The molecule has 0 radical (unpaired) electrons. The summed E-state index contributed by atoms with van der Waals surface area (Å²) in [7, 11) is 4.86. The number of para-hydroxylation sites is 2. The van der Waals surface area contributed by atoms with Crippen molar-refractivity contribution >= 4 is 34.4 Å². The number of carbonyl (C=O) groups is 2. The first-order valence-corrected chi connectivity index (χ1v) is 26.9. The second-order valence-electron chi connectivity index (χ2n) is 19.4. The number of hydrogen-bond acceptors (Lipinski definition) is 12. The Morgan fingerprint density at radius 1 is 0.563 bits per heavy atom. The molecule has 4 aliphatic rings. The highest BCUT2D eigenvalue weighted by atomic mass is 127. The van der Waals surface area contributed by atoms with E-state index in [-0.39, 0.29) is 48.4 Å². The fourth-order valence-corrected chi connectivity index (χ4v) is 9.91. The minimum Gasteiger partial charge on any atom is -0.493 e. The SMILES string of the molecule is CI.COc1cc(C(=O)N2CCC3(CC2)Oc2ccccc2C(OC(C)C)C3O)ccc1OC(C)C.COc1cc(C(=O)N2CCC3(CC2)Oc2ccccc2C(OC(C)C)C3OC)ccc1OC(C)C. The molecule has 4 aromatic carbocycles. The summed E-state index contributed by atoms with van der Waals surface area (Å²) in [5.41, 5.74) is 1.63. The largest absolute Gasteiger partial charge is 0.493 e. The molecule has 4 atom stereocenters. The van der Waals surface area contributed by atoms with Crippen molar-refractivity contribution in [2.45, 2.75) is 141 Å². The molecule has 4 heterocycles. The van der Waals surface area contributed by atoms with Gasteiger partial charge in [-0.15, -0.1) is 0 Å². The van der Waals surface area contributed by atoms with Crippen LogP contribution < -0.4 is 28.4 Å². The zero-order valence-corrected chi connectivity index (χ0v) is 45.7. The highest BCUT2D eigenvalue weighted by molar-refractivity contribution is 14.1. The van der Waals surface area contributed by atoms with Crippen LogP contribution in [0.15, 0.2) is 84.9 Å². The number of halogens is 1. The Morgan fingerprint density at radius 2 is 0.958 bits per heavy atom. The molecule has 0 aromatic heterocycles. The molecule has 2 amide bonds. The lowest BCUT2D eigenvalue weighted by atomic mass is 9.78. The van der Waals surface area contributed by atoms with Crippen molar-refractivity contribution in [3.8, 4) is 34.5 Å². The molecule has 0 bridgehead atoms. The molecule has 15 heteroatoms. The lowest BCUT2D eigenvalue weighted by Gasteiger charge is -2.51. The fraction of sp³-hybridized carbons (Fsp3) is 0.536. The molecule has 4 unspecified atom stereocenters. The van der Waals surface area contributed by atoms with Gasteiger partial charge in [0, 0.05) is 81.2 Å². The van der Waals surface area contributed by atoms with Crippen LogP contribution in [0.25, 0.3) is 0 Å². The van der Waals surface area contributed by atoms with Crippen molar-refractivity contribution in [1.82, 2.24) is 9.80 Å². The van der Waals surface area contributed by atoms with Crippen molar-refractivity contribution in [2.75, 3.05) is 52.4 Å². The third-order valence-electron chi connectivity index (χ3n) is 13.1. The molecule has 14 nitrogen and oxygen atoms in total. The lowest BCUT2D eigenvalue weighted by molar-refractivity contribution is -0.185. The minimum atomic E-state index is -0.824. The van der Waals surface area contributed by atoms with Gasteiger partial charge in [-0.3, -0.25) is 9.59 Å². The Labute approximate surface area is 434 Å². The van der Waals surface area contributed by atoms with Crippen LogP contribution in [0.2, 0.25) is 0 Å². The molecule has 4 aliphatic heterocycles. The Kier molecular flexibility index (Phi) is 19.3. The first-order valence-electron chi connectivity index (χ1n) is 24.7. The van der Waals surface area contributed by atoms with Crippen molar-refractivity contribution in [3.05, 3.63) is 107 Å². The van der Waals surface area contributed by atoms with Crippen LogP contribution >= 0.6 is 22.6 Å². The quantitative estimate of drug-likeness (QED) is 0.101. The van der Waals surface area contributed by atoms with E-state index in [2.05, 4.69) is 22.6 Å². The number of nitrogens with zero attached hydrogens (tertiary/aromatic N) is 2. The van der Waals surface area contributed by atoms with Gasteiger partial charge in [0.1, 0.15) is 47.1 Å². The number of likely N-dealkylation sites (tertiary alicyclic amines) is 2. The van der Waals surface area contributed by atoms with Gasteiger partial charge in [-0.2, -0.15) is 0 Å². The topological polar surface area (TPSA) is 144 Å². The van der Waals surface area contributed by atoms with Gasteiger partial charge >= 0.3 is 0 Å². The fourth-order valence-electron chi connectivity index (χ4n) is 9.91. The van der Waals surface area contributed by atoms with Gasteiger partial charge in [-0.1, -0.05) is 59.0 Å². The average molecular weight is 1100 g/mol. The van der Waals surface area contributed by atoms with Gasteiger partial charge in [0.25, 0.3) is 11.8 Å². The van der Waals surface area contributed by atoms with Gasteiger partial charge in [-0.05, 0) is 109 Å². The van der Waals surface area contributed by atoms with E-state index in [1.165, 1.54) is 0 Å². The zero-order valence-electron chi connectivity index (χ0n) is 43.6. The number of piperidine rings is 2. The van der Waals surface area contributed by atoms with Gasteiger partial charge in [-0.25, -0.2) is 0 Å². The van der Waals surface area contributed by atoms with Crippen LogP contribution in [0.3, 0.4) is 0 Å². The van der Waals surface area contributed by atoms with Crippen molar-refractivity contribution in [1.29, 1.82) is 0 Å². The maximum absolute atomic E-state index is 13.4. The summed E-state index contributed by atoms with van der Waals surface area (Å²) in [6.45, 7) is 17.8. The predicted octanol–water partition coefficient (Wildman–Crippen LogP) is 10.5. The molecular weight excluding hydrogens is 1020 g/mol. The first-order chi connectivity index (χ1) is 34.0. The van der Waals surface area contributed by atoms with E-state index in [4.69, 9.17) is 42.6 Å². The number of alkyl halides is 1. The number of carbonyl (C=O) groups excluding carboxylic acids is 2. The van der Waals surface area contributed by atoms with E-state index < -0.39 is 23.4 Å². The zero-order chi connectivity index (χ0) is 51.6. The summed E-state index contributed by atoms with van der Waals surface area (Å²) in [6, 6.07) is 26.3. The van der Waals surface area contributed by atoms with Crippen molar-refractivity contribution < 1.29 is 57.3 Å². The van der Waals surface area contributed by atoms with Gasteiger partial charge in [0.05, 0.1) is 38.6 Å². The smallest absolute Gasteiger partial charge is 0.253 e.